The Kier molecular flexibility index (Phi) is 6.42. The minimum absolute atomic E-state index is 0.133. The Morgan fingerprint density at radius 2 is 1.58 bits per heavy atom. The van der Waals surface area contributed by atoms with Crippen LogP contribution in [0.2, 0.25) is 5.02 Å². The largest absolute Gasteiger partial charge is 0.478 e. The Bertz CT molecular complexity index is 1120. The van der Waals surface area contributed by atoms with Crippen molar-refractivity contribution in [3.63, 3.8) is 0 Å². The summed E-state index contributed by atoms with van der Waals surface area (Å²) in [6, 6.07) is 18.2. The summed E-state index contributed by atoms with van der Waals surface area (Å²) in [5, 5.41) is 10.6. The molecule has 0 radical (unpaired) electrons. The fourth-order valence-corrected chi connectivity index (χ4v) is 2.97. The van der Waals surface area contributed by atoms with Gasteiger partial charge in [-0.1, -0.05) is 11.6 Å². The highest BCUT2D eigenvalue weighted by Gasteiger charge is 2.30. The van der Waals surface area contributed by atoms with Crippen molar-refractivity contribution in [2.24, 2.45) is 0 Å². The minimum Gasteiger partial charge on any atom is -0.478 e. The van der Waals surface area contributed by atoms with Gasteiger partial charge in [-0.2, -0.15) is 0 Å². The van der Waals surface area contributed by atoms with Gasteiger partial charge in [-0.15, -0.1) is 0 Å². The molecule has 4 N–H and O–H groups in total. The summed E-state index contributed by atoms with van der Waals surface area (Å²) in [4.78, 5) is 25.3. The zero-order valence-corrected chi connectivity index (χ0v) is 17.9. The molecule has 0 unspecified atom stereocenters. The number of ether oxygens (including phenoxy) is 1. The second-order valence-electron chi connectivity index (χ2n) is 7.41. The average molecular weight is 436 g/mol. The number of benzene rings is 3. The molecule has 0 aliphatic carbocycles. The molecule has 31 heavy (non-hydrogen) atoms. The van der Waals surface area contributed by atoms with E-state index < -0.39 is 5.60 Å². The molecule has 0 spiro atoms. The van der Waals surface area contributed by atoms with Gasteiger partial charge in [0, 0.05) is 39.3 Å². The van der Waals surface area contributed by atoms with Gasteiger partial charge in [0.1, 0.15) is 5.75 Å². The van der Waals surface area contributed by atoms with Crippen molar-refractivity contribution in [3.05, 3.63) is 88.4 Å². The quantitative estimate of drug-likeness (QED) is 0.277. The molecule has 3 rings (SSSR count). The summed E-state index contributed by atoms with van der Waals surface area (Å²) >= 11 is 5.87. The van der Waals surface area contributed by atoms with Crippen LogP contribution in [0.1, 0.15) is 35.3 Å². The summed E-state index contributed by atoms with van der Waals surface area (Å²) in [6.45, 7) is 3.29. The van der Waals surface area contributed by atoms with E-state index in [0.29, 0.717) is 38.8 Å². The average Bonchev–Trinajstić information content (AvgIpc) is 2.74. The first-order valence-electron chi connectivity index (χ1n) is 9.50. The van der Waals surface area contributed by atoms with Crippen molar-refractivity contribution in [3.8, 4) is 5.75 Å². The summed E-state index contributed by atoms with van der Waals surface area (Å²) < 4.78 is 5.86. The van der Waals surface area contributed by atoms with Crippen LogP contribution in [0.4, 0.5) is 11.4 Å². The van der Waals surface area contributed by atoms with Crippen LogP contribution in [0.25, 0.3) is 0 Å². The number of amides is 1. The number of halogens is 1. The SMILES string of the molecule is CC(C)(Oc1ccc(C(=O)c2ccc(Cl)cc2)cc1)C(=O)Nc1ccc(C=N)c(N)c1. The fourth-order valence-electron chi connectivity index (χ4n) is 2.85. The molecule has 0 saturated heterocycles. The third kappa shape index (κ3) is 5.29. The van der Waals surface area contributed by atoms with Crippen molar-refractivity contribution in [2.45, 2.75) is 19.4 Å². The van der Waals surface area contributed by atoms with E-state index in [2.05, 4.69) is 5.32 Å². The van der Waals surface area contributed by atoms with Crippen LogP contribution in [0.15, 0.2) is 66.7 Å². The standard InChI is InChI=1S/C24H22ClN3O3/c1-24(2,23(30)28-19-10-5-17(14-26)21(27)13-19)31-20-11-6-16(7-12-20)22(29)15-3-8-18(25)9-4-15/h3-14,26H,27H2,1-2H3,(H,28,30). The molecule has 0 heterocycles. The van der Waals surface area contributed by atoms with Gasteiger partial charge in [-0.3, -0.25) is 9.59 Å². The molecule has 1 amide bonds. The number of ketones is 1. The first kappa shape index (κ1) is 22.1. The lowest BCUT2D eigenvalue weighted by Crippen LogP contribution is -2.42. The Labute approximate surface area is 185 Å². The molecule has 158 valence electrons. The molecule has 3 aromatic carbocycles. The highest BCUT2D eigenvalue weighted by atomic mass is 35.5. The molecule has 7 heteroatoms. The lowest BCUT2D eigenvalue weighted by atomic mass is 10.0. The molecular formula is C24H22ClN3O3. The van der Waals surface area contributed by atoms with Crippen LogP contribution < -0.4 is 15.8 Å². The van der Waals surface area contributed by atoms with E-state index in [-0.39, 0.29) is 11.7 Å². The van der Waals surface area contributed by atoms with Crippen molar-refractivity contribution in [2.75, 3.05) is 11.1 Å². The van der Waals surface area contributed by atoms with Crippen LogP contribution in [0.3, 0.4) is 0 Å². The minimum atomic E-state index is -1.18. The van der Waals surface area contributed by atoms with Crippen LogP contribution >= 0.6 is 11.6 Å². The van der Waals surface area contributed by atoms with Crippen molar-refractivity contribution >= 4 is 40.9 Å². The van der Waals surface area contributed by atoms with Crippen LogP contribution in [-0.2, 0) is 4.79 Å². The van der Waals surface area contributed by atoms with E-state index in [9.17, 15) is 9.59 Å². The lowest BCUT2D eigenvalue weighted by Gasteiger charge is -2.25. The Morgan fingerprint density at radius 3 is 2.13 bits per heavy atom. The van der Waals surface area contributed by atoms with Crippen molar-refractivity contribution in [1.29, 1.82) is 5.41 Å². The van der Waals surface area contributed by atoms with E-state index >= 15 is 0 Å². The van der Waals surface area contributed by atoms with E-state index in [1.807, 2.05) is 0 Å². The van der Waals surface area contributed by atoms with E-state index in [4.69, 9.17) is 27.5 Å². The molecule has 0 atom stereocenters. The number of carbonyl (C=O) groups excluding carboxylic acids is 2. The zero-order chi connectivity index (χ0) is 22.6. The topological polar surface area (TPSA) is 105 Å². The van der Waals surface area contributed by atoms with Crippen LogP contribution in [-0.4, -0.2) is 23.5 Å². The Balaban J connectivity index is 1.68. The smallest absolute Gasteiger partial charge is 0.267 e. The van der Waals surface area contributed by atoms with E-state index in [0.717, 1.165) is 6.21 Å². The van der Waals surface area contributed by atoms with Gasteiger partial charge in [-0.05, 0) is 80.6 Å². The monoisotopic (exact) mass is 435 g/mol. The molecule has 0 aliphatic heterocycles. The number of nitrogens with two attached hydrogens (primary N) is 1. The number of hydrogen-bond donors (Lipinski definition) is 3. The maximum absolute atomic E-state index is 12.7. The predicted molar refractivity (Wildman–Crippen MR) is 123 cm³/mol. The third-order valence-corrected chi connectivity index (χ3v) is 4.89. The van der Waals surface area contributed by atoms with Gasteiger partial charge in [-0.25, -0.2) is 0 Å². The summed E-state index contributed by atoms with van der Waals surface area (Å²) in [7, 11) is 0. The molecule has 0 saturated carbocycles. The van der Waals surface area contributed by atoms with Gasteiger partial charge in [0.2, 0.25) is 0 Å². The summed E-state index contributed by atoms with van der Waals surface area (Å²) in [5.41, 5.74) is 7.18. The summed E-state index contributed by atoms with van der Waals surface area (Å²) in [6.07, 6.45) is 1.15. The molecular weight excluding hydrogens is 414 g/mol. The number of hydrogen-bond acceptors (Lipinski definition) is 5. The summed E-state index contributed by atoms with van der Waals surface area (Å²) in [5.74, 6) is -0.0477. The lowest BCUT2D eigenvalue weighted by molar-refractivity contribution is -0.128. The molecule has 0 bridgehead atoms. The van der Waals surface area contributed by atoms with Gasteiger partial charge in [0.15, 0.2) is 11.4 Å². The van der Waals surface area contributed by atoms with Crippen LogP contribution in [0.5, 0.6) is 5.75 Å². The van der Waals surface area contributed by atoms with Gasteiger partial charge >= 0.3 is 0 Å². The highest BCUT2D eigenvalue weighted by molar-refractivity contribution is 6.30. The molecule has 0 aromatic heterocycles. The molecule has 0 aliphatic rings. The molecule has 6 nitrogen and oxygen atoms in total. The van der Waals surface area contributed by atoms with Crippen LogP contribution in [0, 0.1) is 5.41 Å². The van der Waals surface area contributed by atoms with E-state index in [1.165, 1.54) is 0 Å². The second kappa shape index (κ2) is 9.02. The third-order valence-electron chi connectivity index (χ3n) is 4.64. The first-order chi connectivity index (χ1) is 14.7. The van der Waals surface area contributed by atoms with Gasteiger partial charge in [0.25, 0.3) is 5.91 Å². The number of nitrogens with one attached hydrogen (secondary N) is 2. The number of carbonyl (C=O) groups is 2. The zero-order valence-electron chi connectivity index (χ0n) is 17.1. The maximum Gasteiger partial charge on any atom is 0.267 e. The predicted octanol–water partition coefficient (Wildman–Crippen LogP) is 4.95. The maximum atomic E-state index is 12.7. The van der Waals surface area contributed by atoms with E-state index in [1.54, 1.807) is 80.6 Å². The van der Waals surface area contributed by atoms with Crippen molar-refractivity contribution in [1.82, 2.24) is 0 Å². The Morgan fingerprint density at radius 1 is 1.00 bits per heavy atom. The number of nitrogen functional groups attached to an aromatic ring is 1. The van der Waals surface area contributed by atoms with Gasteiger partial charge < -0.3 is 21.2 Å². The van der Waals surface area contributed by atoms with Gasteiger partial charge in [0.05, 0.1) is 0 Å². The second-order valence-corrected chi connectivity index (χ2v) is 7.85. The first-order valence-corrected chi connectivity index (χ1v) is 9.88. The molecule has 0 fully saturated rings. The number of anilines is 2. The highest BCUT2D eigenvalue weighted by Crippen LogP contribution is 2.23. The molecule has 3 aromatic rings. The Hall–Kier alpha value is -3.64. The fraction of sp³-hybridized carbons (Fsp3) is 0.125. The van der Waals surface area contributed by atoms with Crippen molar-refractivity contribution < 1.29 is 14.3 Å². The normalized spacial score (nSPS) is 10.9. The number of rotatable bonds is 7.